The summed E-state index contributed by atoms with van der Waals surface area (Å²) in [5, 5.41) is 0. The molecule has 0 aliphatic carbocycles. The quantitative estimate of drug-likeness (QED) is 0.711. The Balaban J connectivity index is 1.69. The fourth-order valence-corrected chi connectivity index (χ4v) is 4.92. The standard InChI is InChI=1S/C20H24N2O4S/c1-26-19-9-7-17(8-10-19)15-21-11-4-12-22(14-13-21)27(24,25)20-6-3-2-5-18(20)16-23/h2-3,5-10,16H,4,11-15H2,1H3. The Morgan fingerprint density at radius 3 is 2.44 bits per heavy atom. The molecule has 6 nitrogen and oxygen atoms in total. The van der Waals surface area contributed by atoms with Crippen molar-refractivity contribution >= 4 is 16.3 Å². The number of rotatable bonds is 6. The van der Waals surface area contributed by atoms with Crippen molar-refractivity contribution in [3.05, 3.63) is 59.7 Å². The van der Waals surface area contributed by atoms with Crippen molar-refractivity contribution in [3.63, 3.8) is 0 Å². The van der Waals surface area contributed by atoms with Crippen LogP contribution in [0.15, 0.2) is 53.4 Å². The molecule has 0 N–H and O–H groups in total. The zero-order valence-corrected chi connectivity index (χ0v) is 16.2. The Bertz CT molecular complexity index is 881. The van der Waals surface area contributed by atoms with Gasteiger partial charge in [-0.1, -0.05) is 30.3 Å². The second kappa shape index (κ2) is 8.65. The lowest BCUT2D eigenvalue weighted by atomic mass is 10.2. The molecule has 0 aromatic heterocycles. The molecule has 2 aromatic rings. The summed E-state index contributed by atoms with van der Waals surface area (Å²) in [6.45, 7) is 3.10. The molecular weight excluding hydrogens is 364 g/mol. The highest BCUT2D eigenvalue weighted by Gasteiger charge is 2.28. The number of benzene rings is 2. The zero-order valence-electron chi connectivity index (χ0n) is 15.4. The van der Waals surface area contributed by atoms with Crippen LogP contribution in [0.5, 0.6) is 5.75 Å². The first-order chi connectivity index (χ1) is 13.0. The lowest BCUT2D eigenvalue weighted by molar-refractivity contribution is 0.112. The van der Waals surface area contributed by atoms with E-state index in [9.17, 15) is 13.2 Å². The topological polar surface area (TPSA) is 66.9 Å². The maximum Gasteiger partial charge on any atom is 0.243 e. The molecular formula is C20H24N2O4S. The second-order valence-corrected chi connectivity index (χ2v) is 8.44. The molecule has 0 atom stereocenters. The SMILES string of the molecule is COc1ccc(CN2CCCN(S(=O)(=O)c3ccccc3C=O)CC2)cc1. The Kier molecular flexibility index (Phi) is 6.26. The summed E-state index contributed by atoms with van der Waals surface area (Å²) in [6, 6.07) is 14.3. The monoisotopic (exact) mass is 388 g/mol. The van der Waals surface area contributed by atoms with E-state index in [4.69, 9.17) is 4.74 Å². The maximum atomic E-state index is 13.0. The van der Waals surface area contributed by atoms with Crippen molar-refractivity contribution in [2.45, 2.75) is 17.9 Å². The minimum atomic E-state index is -3.67. The van der Waals surface area contributed by atoms with Gasteiger partial charge in [0.1, 0.15) is 5.75 Å². The third kappa shape index (κ3) is 4.55. The van der Waals surface area contributed by atoms with Crippen molar-refractivity contribution < 1.29 is 17.9 Å². The predicted octanol–water partition coefficient (Wildman–Crippen LogP) is 2.40. The van der Waals surface area contributed by atoms with E-state index in [2.05, 4.69) is 4.90 Å². The molecule has 1 aliphatic rings. The molecule has 0 unspecified atom stereocenters. The van der Waals surface area contributed by atoms with Crippen LogP contribution in [0, 0.1) is 0 Å². The molecule has 0 radical (unpaired) electrons. The van der Waals surface area contributed by atoms with Crippen molar-refractivity contribution in [3.8, 4) is 5.75 Å². The van der Waals surface area contributed by atoms with Gasteiger partial charge in [0, 0.05) is 31.7 Å². The van der Waals surface area contributed by atoms with E-state index in [1.54, 1.807) is 19.2 Å². The van der Waals surface area contributed by atoms with Gasteiger partial charge in [-0.25, -0.2) is 8.42 Å². The summed E-state index contributed by atoms with van der Waals surface area (Å²) in [5.74, 6) is 0.820. The number of sulfonamides is 1. The van der Waals surface area contributed by atoms with Gasteiger partial charge in [-0.15, -0.1) is 0 Å². The lowest BCUT2D eigenvalue weighted by Gasteiger charge is -2.22. The molecule has 3 rings (SSSR count). The molecule has 144 valence electrons. The minimum Gasteiger partial charge on any atom is -0.497 e. The van der Waals surface area contributed by atoms with Gasteiger partial charge < -0.3 is 4.74 Å². The second-order valence-electron chi connectivity index (χ2n) is 6.54. The summed E-state index contributed by atoms with van der Waals surface area (Å²) in [5.41, 5.74) is 1.37. The zero-order chi connectivity index (χ0) is 19.3. The summed E-state index contributed by atoms with van der Waals surface area (Å²) < 4.78 is 32.6. The van der Waals surface area contributed by atoms with E-state index < -0.39 is 10.0 Å². The number of aldehydes is 1. The normalized spacial score (nSPS) is 16.6. The summed E-state index contributed by atoms with van der Waals surface area (Å²) in [7, 11) is -2.03. The summed E-state index contributed by atoms with van der Waals surface area (Å²) >= 11 is 0. The summed E-state index contributed by atoms with van der Waals surface area (Å²) in [6.07, 6.45) is 1.35. The smallest absolute Gasteiger partial charge is 0.243 e. The van der Waals surface area contributed by atoms with Crippen LogP contribution >= 0.6 is 0 Å². The first-order valence-electron chi connectivity index (χ1n) is 8.94. The van der Waals surface area contributed by atoms with Crippen LogP contribution < -0.4 is 4.74 Å². The number of methoxy groups -OCH3 is 1. The number of carbonyl (C=O) groups is 1. The van der Waals surface area contributed by atoms with Gasteiger partial charge in [0.2, 0.25) is 10.0 Å². The Morgan fingerprint density at radius 1 is 1.00 bits per heavy atom. The molecule has 0 amide bonds. The van der Waals surface area contributed by atoms with Crippen molar-refractivity contribution in [1.82, 2.24) is 9.21 Å². The number of nitrogens with zero attached hydrogens (tertiary/aromatic N) is 2. The van der Waals surface area contributed by atoms with Crippen LogP contribution in [0.1, 0.15) is 22.3 Å². The Morgan fingerprint density at radius 2 is 1.74 bits per heavy atom. The first-order valence-corrected chi connectivity index (χ1v) is 10.4. The van der Waals surface area contributed by atoms with Crippen molar-refractivity contribution in [2.24, 2.45) is 0 Å². The third-order valence-electron chi connectivity index (χ3n) is 4.78. The molecule has 27 heavy (non-hydrogen) atoms. The van der Waals surface area contributed by atoms with Crippen LogP contribution in [0.3, 0.4) is 0 Å². The van der Waals surface area contributed by atoms with E-state index in [1.807, 2.05) is 24.3 Å². The molecule has 1 fully saturated rings. The molecule has 1 heterocycles. The van der Waals surface area contributed by atoms with Crippen LogP contribution in [-0.2, 0) is 16.6 Å². The largest absolute Gasteiger partial charge is 0.497 e. The number of ether oxygens (including phenoxy) is 1. The van der Waals surface area contributed by atoms with Gasteiger partial charge in [0.05, 0.1) is 12.0 Å². The van der Waals surface area contributed by atoms with Crippen molar-refractivity contribution in [2.75, 3.05) is 33.3 Å². The van der Waals surface area contributed by atoms with Gasteiger partial charge in [-0.3, -0.25) is 9.69 Å². The van der Waals surface area contributed by atoms with Gasteiger partial charge in [0.25, 0.3) is 0 Å². The van der Waals surface area contributed by atoms with Gasteiger partial charge in [-0.2, -0.15) is 4.31 Å². The average molecular weight is 388 g/mol. The van der Waals surface area contributed by atoms with E-state index >= 15 is 0 Å². The third-order valence-corrected chi connectivity index (χ3v) is 6.75. The highest BCUT2D eigenvalue weighted by atomic mass is 32.2. The number of hydrogen-bond acceptors (Lipinski definition) is 5. The maximum absolute atomic E-state index is 13.0. The fraction of sp³-hybridized carbons (Fsp3) is 0.350. The van der Waals surface area contributed by atoms with Crippen LogP contribution in [0.2, 0.25) is 0 Å². The van der Waals surface area contributed by atoms with Crippen molar-refractivity contribution in [1.29, 1.82) is 0 Å². The first kappa shape index (κ1) is 19.5. The molecule has 0 bridgehead atoms. The van der Waals surface area contributed by atoms with Crippen LogP contribution in [0.25, 0.3) is 0 Å². The summed E-state index contributed by atoms with van der Waals surface area (Å²) in [4.78, 5) is 13.6. The lowest BCUT2D eigenvalue weighted by Crippen LogP contribution is -2.35. The van der Waals surface area contributed by atoms with E-state index in [0.717, 1.165) is 25.3 Å². The highest BCUT2D eigenvalue weighted by Crippen LogP contribution is 2.21. The highest BCUT2D eigenvalue weighted by molar-refractivity contribution is 7.89. The molecule has 1 saturated heterocycles. The Hall–Kier alpha value is -2.22. The van der Waals surface area contributed by atoms with E-state index in [0.29, 0.717) is 25.9 Å². The molecule has 0 spiro atoms. The molecule has 0 saturated carbocycles. The molecule has 1 aliphatic heterocycles. The number of carbonyl (C=O) groups excluding carboxylic acids is 1. The van der Waals surface area contributed by atoms with Gasteiger partial charge >= 0.3 is 0 Å². The fourth-order valence-electron chi connectivity index (χ4n) is 3.29. The van der Waals surface area contributed by atoms with Gasteiger partial charge in [-0.05, 0) is 36.7 Å². The minimum absolute atomic E-state index is 0.0867. The van der Waals surface area contributed by atoms with Crippen LogP contribution in [-0.4, -0.2) is 57.2 Å². The molecule has 7 heteroatoms. The Labute approximate surface area is 160 Å². The predicted molar refractivity (Wildman–Crippen MR) is 103 cm³/mol. The van der Waals surface area contributed by atoms with Gasteiger partial charge in [0.15, 0.2) is 6.29 Å². The van der Waals surface area contributed by atoms with Crippen LogP contribution in [0.4, 0.5) is 0 Å². The van der Waals surface area contributed by atoms with E-state index in [1.165, 1.54) is 22.0 Å². The number of hydrogen-bond donors (Lipinski definition) is 0. The van der Waals surface area contributed by atoms with E-state index in [-0.39, 0.29) is 10.5 Å². The molecule has 2 aromatic carbocycles. The average Bonchev–Trinajstić information content (AvgIpc) is 2.94.